The van der Waals surface area contributed by atoms with Gasteiger partial charge in [0, 0.05) is 32.7 Å². The lowest BCUT2D eigenvalue weighted by Crippen LogP contribution is -2.47. The fourth-order valence-electron chi connectivity index (χ4n) is 5.35. The SMILES string of the molecule is CC(C)Cn1c(N2CCN(CCC[C@@](C#N)(c3ccccc3)C(C)C)CC2)nc2ccccc21. The molecule has 0 saturated carbocycles. The summed E-state index contributed by atoms with van der Waals surface area (Å²) >= 11 is 0. The number of rotatable bonds is 9. The van der Waals surface area contributed by atoms with Crippen LogP contribution in [0.2, 0.25) is 0 Å². The van der Waals surface area contributed by atoms with Crippen LogP contribution >= 0.6 is 0 Å². The summed E-state index contributed by atoms with van der Waals surface area (Å²) in [6.45, 7) is 15.0. The molecule has 2 aromatic carbocycles. The molecule has 0 amide bonds. The highest BCUT2D eigenvalue weighted by molar-refractivity contribution is 5.78. The van der Waals surface area contributed by atoms with E-state index < -0.39 is 5.41 Å². The van der Waals surface area contributed by atoms with Crippen LogP contribution in [0, 0.1) is 23.2 Å². The Morgan fingerprint density at radius 3 is 2.26 bits per heavy atom. The fraction of sp³-hybridized carbons (Fsp3) is 0.517. The molecule has 0 bridgehead atoms. The van der Waals surface area contributed by atoms with Gasteiger partial charge in [-0.3, -0.25) is 4.90 Å². The van der Waals surface area contributed by atoms with Crippen LogP contribution in [0.1, 0.15) is 46.1 Å². The fourth-order valence-corrected chi connectivity index (χ4v) is 5.35. The van der Waals surface area contributed by atoms with E-state index in [4.69, 9.17) is 4.98 Å². The number of imidazole rings is 1. The number of piperazine rings is 1. The van der Waals surface area contributed by atoms with Crippen molar-refractivity contribution in [2.24, 2.45) is 11.8 Å². The number of anilines is 1. The predicted octanol–water partition coefficient (Wildman–Crippen LogP) is 5.71. The number of benzene rings is 2. The molecule has 0 spiro atoms. The lowest BCUT2D eigenvalue weighted by Gasteiger charge is -2.37. The van der Waals surface area contributed by atoms with Gasteiger partial charge in [0.25, 0.3) is 0 Å². The third kappa shape index (κ3) is 4.98. The van der Waals surface area contributed by atoms with Crippen LogP contribution in [0.3, 0.4) is 0 Å². The monoisotopic (exact) mass is 457 g/mol. The quantitative estimate of drug-likeness (QED) is 0.413. The molecule has 34 heavy (non-hydrogen) atoms. The molecular formula is C29H39N5. The van der Waals surface area contributed by atoms with Gasteiger partial charge in [0.2, 0.25) is 5.95 Å². The molecule has 1 atom stereocenters. The standard InChI is InChI=1S/C29H39N5/c1-23(2)21-34-27-14-9-8-13-26(27)31-28(34)33-19-17-32(18-20-33)16-10-15-29(22-30,24(3)4)25-11-6-5-7-12-25/h5-9,11-14,23-24H,10,15-21H2,1-4H3/t29-/m0/s1. The molecule has 180 valence electrons. The Hall–Kier alpha value is -2.84. The van der Waals surface area contributed by atoms with Crippen molar-refractivity contribution in [1.82, 2.24) is 14.5 Å². The van der Waals surface area contributed by atoms with Crippen LogP contribution in [0.4, 0.5) is 5.95 Å². The maximum absolute atomic E-state index is 10.2. The lowest BCUT2D eigenvalue weighted by molar-refractivity contribution is 0.237. The molecule has 1 aromatic heterocycles. The zero-order valence-corrected chi connectivity index (χ0v) is 21.2. The smallest absolute Gasteiger partial charge is 0.206 e. The van der Waals surface area contributed by atoms with Crippen LogP contribution in [-0.4, -0.2) is 47.2 Å². The second-order valence-electron chi connectivity index (χ2n) is 10.4. The van der Waals surface area contributed by atoms with Crippen molar-refractivity contribution < 1.29 is 0 Å². The van der Waals surface area contributed by atoms with Crippen molar-refractivity contribution in [2.75, 3.05) is 37.6 Å². The first-order valence-corrected chi connectivity index (χ1v) is 12.8. The first-order valence-electron chi connectivity index (χ1n) is 12.8. The van der Waals surface area contributed by atoms with Crippen LogP contribution in [-0.2, 0) is 12.0 Å². The van der Waals surface area contributed by atoms with E-state index in [1.807, 2.05) is 6.07 Å². The average Bonchev–Trinajstić information content (AvgIpc) is 3.20. The molecule has 5 nitrogen and oxygen atoms in total. The minimum Gasteiger partial charge on any atom is -0.340 e. The van der Waals surface area contributed by atoms with E-state index in [-0.39, 0.29) is 5.92 Å². The molecule has 0 N–H and O–H groups in total. The predicted molar refractivity (Wildman–Crippen MR) is 141 cm³/mol. The second kappa shape index (κ2) is 10.6. The Kier molecular flexibility index (Phi) is 7.58. The molecule has 5 heteroatoms. The molecule has 0 aliphatic carbocycles. The Morgan fingerprint density at radius 1 is 0.941 bits per heavy atom. The lowest BCUT2D eigenvalue weighted by atomic mass is 9.70. The summed E-state index contributed by atoms with van der Waals surface area (Å²) in [5, 5.41) is 10.2. The topological polar surface area (TPSA) is 48.1 Å². The van der Waals surface area contributed by atoms with Crippen molar-refractivity contribution in [3.8, 4) is 6.07 Å². The van der Waals surface area contributed by atoms with E-state index in [0.29, 0.717) is 5.92 Å². The molecule has 2 heterocycles. The number of nitriles is 1. The molecule has 0 unspecified atom stereocenters. The highest BCUT2D eigenvalue weighted by Gasteiger charge is 2.35. The molecule has 3 aromatic rings. The van der Waals surface area contributed by atoms with Gasteiger partial charge < -0.3 is 9.47 Å². The summed E-state index contributed by atoms with van der Waals surface area (Å²) in [5.74, 6) is 1.97. The maximum Gasteiger partial charge on any atom is 0.206 e. The molecule has 1 fully saturated rings. The Morgan fingerprint density at radius 2 is 1.62 bits per heavy atom. The molecular weight excluding hydrogens is 418 g/mol. The van der Waals surface area contributed by atoms with Crippen LogP contribution in [0.15, 0.2) is 54.6 Å². The van der Waals surface area contributed by atoms with E-state index in [2.05, 4.69) is 96.7 Å². The van der Waals surface area contributed by atoms with Crippen molar-refractivity contribution in [1.29, 1.82) is 5.26 Å². The van der Waals surface area contributed by atoms with Gasteiger partial charge in [-0.1, -0.05) is 70.2 Å². The van der Waals surface area contributed by atoms with E-state index >= 15 is 0 Å². The van der Waals surface area contributed by atoms with Crippen molar-refractivity contribution in [3.63, 3.8) is 0 Å². The average molecular weight is 458 g/mol. The Labute approximate surface area is 205 Å². The van der Waals surface area contributed by atoms with Gasteiger partial charge in [0.15, 0.2) is 0 Å². The maximum atomic E-state index is 10.2. The summed E-state index contributed by atoms with van der Waals surface area (Å²) < 4.78 is 2.40. The number of aromatic nitrogens is 2. The van der Waals surface area contributed by atoms with Crippen molar-refractivity contribution in [2.45, 2.75) is 52.5 Å². The third-order valence-electron chi connectivity index (χ3n) is 7.36. The molecule has 0 radical (unpaired) electrons. The van der Waals surface area contributed by atoms with E-state index in [0.717, 1.165) is 69.1 Å². The molecule has 1 aliphatic rings. The highest BCUT2D eigenvalue weighted by atomic mass is 15.4. The molecule has 1 saturated heterocycles. The van der Waals surface area contributed by atoms with Gasteiger partial charge in [-0.25, -0.2) is 4.98 Å². The normalized spacial score (nSPS) is 16.8. The number of hydrogen-bond acceptors (Lipinski definition) is 4. The van der Waals surface area contributed by atoms with Crippen molar-refractivity contribution >= 4 is 17.0 Å². The summed E-state index contributed by atoms with van der Waals surface area (Å²) in [5.41, 5.74) is 3.06. The van der Waals surface area contributed by atoms with Gasteiger partial charge in [-0.05, 0) is 48.9 Å². The van der Waals surface area contributed by atoms with Crippen LogP contribution < -0.4 is 4.90 Å². The first-order chi connectivity index (χ1) is 16.4. The van der Waals surface area contributed by atoms with Crippen LogP contribution in [0.5, 0.6) is 0 Å². The Bertz CT molecular complexity index is 1100. The van der Waals surface area contributed by atoms with Gasteiger partial charge in [-0.2, -0.15) is 5.26 Å². The summed E-state index contributed by atoms with van der Waals surface area (Å²) in [6, 6.07) is 21.5. The van der Waals surface area contributed by atoms with Crippen molar-refractivity contribution in [3.05, 3.63) is 60.2 Å². The first kappa shape index (κ1) is 24.3. The minimum absolute atomic E-state index is 0.283. The van der Waals surface area contributed by atoms with E-state index in [1.165, 1.54) is 5.52 Å². The van der Waals surface area contributed by atoms with Crippen LogP contribution in [0.25, 0.3) is 11.0 Å². The van der Waals surface area contributed by atoms with Gasteiger partial charge in [0.1, 0.15) is 0 Å². The van der Waals surface area contributed by atoms with Gasteiger partial charge in [-0.15, -0.1) is 0 Å². The number of para-hydroxylation sites is 2. The highest BCUT2D eigenvalue weighted by Crippen LogP contribution is 2.36. The minimum atomic E-state index is -0.412. The van der Waals surface area contributed by atoms with E-state index in [1.54, 1.807) is 0 Å². The largest absolute Gasteiger partial charge is 0.340 e. The summed E-state index contributed by atoms with van der Waals surface area (Å²) in [7, 11) is 0. The zero-order chi connectivity index (χ0) is 24.1. The van der Waals surface area contributed by atoms with Gasteiger partial charge in [0.05, 0.1) is 22.5 Å². The second-order valence-corrected chi connectivity index (χ2v) is 10.4. The molecule has 1 aliphatic heterocycles. The Balaban J connectivity index is 1.38. The molecule has 4 rings (SSSR count). The zero-order valence-electron chi connectivity index (χ0n) is 21.2. The number of hydrogen-bond donors (Lipinski definition) is 0. The summed E-state index contributed by atoms with van der Waals surface area (Å²) in [4.78, 5) is 10.0. The van der Waals surface area contributed by atoms with E-state index in [9.17, 15) is 5.26 Å². The van der Waals surface area contributed by atoms with Gasteiger partial charge >= 0.3 is 0 Å². The third-order valence-corrected chi connectivity index (χ3v) is 7.36. The number of nitrogens with zero attached hydrogens (tertiary/aromatic N) is 5. The number of fused-ring (bicyclic) bond motifs is 1. The summed E-state index contributed by atoms with van der Waals surface area (Å²) in [6.07, 6.45) is 1.93.